The molecule has 0 fully saturated rings. The Bertz CT molecular complexity index is 1350. The van der Waals surface area contributed by atoms with E-state index >= 15 is 0 Å². The van der Waals surface area contributed by atoms with Crippen molar-refractivity contribution in [3.8, 4) is 10.6 Å². The maximum Gasteiger partial charge on any atom is 0.283 e. The molecule has 4 aromatic rings. The van der Waals surface area contributed by atoms with E-state index < -0.39 is 0 Å². The molecule has 5 rings (SSSR count). The van der Waals surface area contributed by atoms with Gasteiger partial charge in [0.15, 0.2) is 0 Å². The van der Waals surface area contributed by atoms with E-state index in [0.717, 1.165) is 28.1 Å². The Labute approximate surface area is 163 Å². The van der Waals surface area contributed by atoms with Crippen molar-refractivity contribution < 1.29 is 0 Å². The van der Waals surface area contributed by atoms with Gasteiger partial charge >= 0.3 is 0 Å². The number of anilines is 1. The van der Waals surface area contributed by atoms with Crippen LogP contribution in [0.4, 0.5) is 11.5 Å². The summed E-state index contributed by atoms with van der Waals surface area (Å²) in [4.78, 5) is 26.0. The number of rotatable bonds is 2. The zero-order valence-corrected chi connectivity index (χ0v) is 15.6. The lowest BCUT2D eigenvalue weighted by Gasteiger charge is -2.04. The van der Waals surface area contributed by atoms with Crippen molar-refractivity contribution in [1.29, 1.82) is 0 Å². The van der Waals surface area contributed by atoms with Crippen LogP contribution in [0.3, 0.4) is 0 Å². The van der Waals surface area contributed by atoms with Crippen LogP contribution in [-0.2, 0) is 0 Å². The zero-order chi connectivity index (χ0) is 19.3. The fraction of sp³-hybridized carbons (Fsp3) is 0.0500. The summed E-state index contributed by atoms with van der Waals surface area (Å²) in [6.45, 7) is 1.91. The lowest BCUT2D eigenvalue weighted by Crippen LogP contribution is -2.17. The molecule has 0 amide bonds. The average Bonchev–Trinajstić information content (AvgIpc) is 3.27. The molecular formula is C20H14N6OS. The van der Waals surface area contributed by atoms with E-state index in [4.69, 9.17) is 5.73 Å². The van der Waals surface area contributed by atoms with Crippen LogP contribution in [0.15, 0.2) is 58.6 Å². The second-order valence-corrected chi connectivity index (χ2v) is 7.29. The molecule has 0 radical (unpaired) electrons. The lowest BCUT2D eigenvalue weighted by molar-refractivity contribution is 0.944. The molecule has 1 aromatic carbocycles. The van der Waals surface area contributed by atoms with Gasteiger partial charge in [-0.15, -0.1) is 0 Å². The van der Waals surface area contributed by atoms with Crippen LogP contribution >= 0.6 is 11.3 Å². The van der Waals surface area contributed by atoms with Crippen molar-refractivity contribution in [2.75, 3.05) is 5.73 Å². The Morgan fingerprint density at radius 1 is 1.18 bits per heavy atom. The van der Waals surface area contributed by atoms with Crippen molar-refractivity contribution >= 4 is 45.2 Å². The molecule has 0 aliphatic carbocycles. The first-order chi connectivity index (χ1) is 13.6. The Balaban J connectivity index is 1.69. The monoisotopic (exact) mass is 386 g/mol. The van der Waals surface area contributed by atoms with Crippen molar-refractivity contribution in [3.63, 3.8) is 0 Å². The quantitative estimate of drug-likeness (QED) is 0.569. The number of fused-ring (bicyclic) bond motifs is 2. The minimum Gasteiger partial charge on any atom is -0.383 e. The second kappa shape index (κ2) is 6.21. The van der Waals surface area contributed by atoms with Crippen molar-refractivity contribution in [3.05, 3.63) is 70.3 Å². The van der Waals surface area contributed by atoms with E-state index in [1.165, 1.54) is 15.9 Å². The van der Waals surface area contributed by atoms with Gasteiger partial charge in [0.1, 0.15) is 10.8 Å². The van der Waals surface area contributed by atoms with E-state index in [-0.39, 0.29) is 11.4 Å². The number of allylic oxidation sites excluding steroid dienone is 1. The first-order valence-electron chi connectivity index (χ1n) is 8.58. The fourth-order valence-corrected chi connectivity index (χ4v) is 4.07. The molecule has 0 saturated carbocycles. The molecule has 0 saturated heterocycles. The van der Waals surface area contributed by atoms with Gasteiger partial charge in [-0.05, 0) is 31.2 Å². The summed E-state index contributed by atoms with van der Waals surface area (Å²) in [5.74, 6) is 0.256. The molecule has 0 bridgehead atoms. The van der Waals surface area contributed by atoms with Crippen molar-refractivity contribution in [2.45, 2.75) is 6.92 Å². The summed E-state index contributed by atoms with van der Waals surface area (Å²) in [5.41, 5.74) is 10.6. The molecule has 28 heavy (non-hydrogen) atoms. The number of hydrogen-bond donors (Lipinski definition) is 1. The number of benzene rings is 1. The van der Waals surface area contributed by atoms with Crippen LogP contribution in [0.5, 0.6) is 0 Å². The first kappa shape index (κ1) is 16.5. The van der Waals surface area contributed by atoms with E-state index in [1.54, 1.807) is 18.5 Å². The van der Waals surface area contributed by atoms with Gasteiger partial charge in [0.25, 0.3) is 5.56 Å². The third-order valence-electron chi connectivity index (χ3n) is 4.56. The van der Waals surface area contributed by atoms with Gasteiger partial charge in [0.2, 0.25) is 4.96 Å². The molecular weight excluding hydrogens is 372 g/mol. The number of nitrogens with two attached hydrogens (primary N) is 1. The van der Waals surface area contributed by atoms with Crippen LogP contribution in [-0.4, -0.2) is 25.3 Å². The van der Waals surface area contributed by atoms with Gasteiger partial charge in [0.05, 0.1) is 11.3 Å². The highest BCUT2D eigenvalue weighted by molar-refractivity contribution is 7.19. The number of nitrogens with zero attached hydrogens (tertiary/aromatic N) is 5. The minimum absolute atomic E-state index is 0.256. The number of aliphatic imine (C=N–C) groups is 1. The molecule has 1 aliphatic heterocycles. The fourth-order valence-electron chi connectivity index (χ4n) is 3.18. The molecule has 4 heterocycles. The Hall–Kier alpha value is -3.65. The zero-order valence-electron chi connectivity index (χ0n) is 14.8. The number of nitrogen functional groups attached to an aromatic ring is 1. The molecule has 0 unspecified atom stereocenters. The molecule has 3 aromatic heterocycles. The summed E-state index contributed by atoms with van der Waals surface area (Å²) in [6.07, 6.45) is 5.16. The van der Waals surface area contributed by atoms with E-state index in [0.29, 0.717) is 15.5 Å². The largest absolute Gasteiger partial charge is 0.383 e. The van der Waals surface area contributed by atoms with Gasteiger partial charge in [-0.2, -0.15) is 14.6 Å². The number of aromatic nitrogens is 4. The van der Waals surface area contributed by atoms with Crippen molar-refractivity contribution in [2.24, 2.45) is 4.99 Å². The average molecular weight is 386 g/mol. The van der Waals surface area contributed by atoms with E-state index in [2.05, 4.69) is 20.1 Å². The predicted octanol–water partition coefficient (Wildman–Crippen LogP) is 3.44. The van der Waals surface area contributed by atoms with Gasteiger partial charge in [-0.1, -0.05) is 29.5 Å². The topological polar surface area (TPSA) is 98.5 Å². The van der Waals surface area contributed by atoms with Gasteiger partial charge in [-0.25, -0.2) is 0 Å². The second-order valence-electron chi connectivity index (χ2n) is 6.33. The first-order valence-corrected chi connectivity index (χ1v) is 9.40. The van der Waals surface area contributed by atoms with Gasteiger partial charge in [-0.3, -0.25) is 14.8 Å². The van der Waals surface area contributed by atoms with Gasteiger partial charge in [0, 0.05) is 34.8 Å². The van der Waals surface area contributed by atoms with E-state index in [9.17, 15) is 4.79 Å². The number of pyridine rings is 1. The highest BCUT2D eigenvalue weighted by Crippen LogP contribution is 2.36. The molecule has 8 heteroatoms. The smallest absolute Gasteiger partial charge is 0.283 e. The molecule has 1 aliphatic rings. The van der Waals surface area contributed by atoms with Crippen LogP contribution < -0.4 is 11.3 Å². The minimum atomic E-state index is -0.386. The van der Waals surface area contributed by atoms with Crippen LogP contribution in [0.2, 0.25) is 0 Å². The SMILES string of the molecule is CC1=Nc2ccccc2/C1=C\c1c(N)n2nc(-c3cccnc3)sc2nc1=O. The maximum atomic E-state index is 12.7. The number of para-hydroxylation sites is 1. The Morgan fingerprint density at radius 2 is 2.04 bits per heavy atom. The summed E-state index contributed by atoms with van der Waals surface area (Å²) >= 11 is 1.30. The van der Waals surface area contributed by atoms with Crippen LogP contribution in [0.25, 0.3) is 27.2 Å². The summed E-state index contributed by atoms with van der Waals surface area (Å²) < 4.78 is 1.51. The predicted molar refractivity (Wildman–Crippen MR) is 112 cm³/mol. The van der Waals surface area contributed by atoms with E-state index in [1.807, 2.05) is 43.3 Å². The Kier molecular flexibility index (Phi) is 3.66. The third-order valence-corrected chi connectivity index (χ3v) is 5.52. The standard InChI is InChI=1S/C20H14N6OS/c1-11-14(13-6-2-3-7-16(13)23-11)9-15-17(21)26-20(24-18(15)27)28-19(25-26)12-5-4-8-22-10-12/h2-10H,21H2,1H3/b14-9-. The summed E-state index contributed by atoms with van der Waals surface area (Å²) in [7, 11) is 0. The van der Waals surface area contributed by atoms with Crippen molar-refractivity contribution in [1.82, 2.24) is 19.6 Å². The molecule has 0 spiro atoms. The molecule has 7 nitrogen and oxygen atoms in total. The Morgan fingerprint density at radius 3 is 2.86 bits per heavy atom. The van der Waals surface area contributed by atoms with Crippen LogP contribution in [0, 0.1) is 0 Å². The normalized spacial score (nSPS) is 14.5. The molecule has 136 valence electrons. The maximum absolute atomic E-state index is 12.7. The highest BCUT2D eigenvalue weighted by atomic mass is 32.1. The molecule has 0 atom stereocenters. The highest BCUT2D eigenvalue weighted by Gasteiger charge is 2.20. The number of hydrogen-bond acceptors (Lipinski definition) is 7. The third kappa shape index (κ3) is 2.54. The summed E-state index contributed by atoms with van der Waals surface area (Å²) in [6, 6.07) is 11.5. The lowest BCUT2D eigenvalue weighted by atomic mass is 10.0. The van der Waals surface area contributed by atoms with Crippen LogP contribution in [0.1, 0.15) is 18.1 Å². The summed E-state index contributed by atoms with van der Waals surface area (Å²) in [5, 5.41) is 5.23. The van der Waals surface area contributed by atoms with Gasteiger partial charge < -0.3 is 5.73 Å². The molecule has 2 N–H and O–H groups in total.